The fourth-order valence-corrected chi connectivity index (χ4v) is 6.55. The molecule has 5 N–H and O–H groups in total. The normalized spacial score (nSPS) is 30.8. The number of nitrogens with one attached hydrogen (secondary N) is 1. The molecule has 2 unspecified atom stereocenters. The molecule has 0 saturated heterocycles. The lowest BCUT2D eigenvalue weighted by molar-refractivity contribution is -0.181. The molecule has 0 spiro atoms. The molecule has 38 heavy (non-hydrogen) atoms. The number of aliphatic hydroxyl groups is 1. The minimum atomic E-state index is -2.73. The SMILES string of the molecule is CC(C)NCc1cc(N(C)C)c2c(c1O)C(=O)C1C(=O)[C@]3(O)C(=O)C(C(N)=O)C(=O)[C@@H](N(C)C)[C@@H]3C[C@@H]1C2. The van der Waals surface area contributed by atoms with Gasteiger partial charge in [-0.2, -0.15) is 0 Å². The second kappa shape index (κ2) is 9.55. The fraction of sp³-hybridized carbons (Fsp3) is 0.593. The Morgan fingerprint density at radius 2 is 1.79 bits per heavy atom. The van der Waals surface area contributed by atoms with Crippen LogP contribution < -0.4 is 16.0 Å². The Morgan fingerprint density at radius 3 is 2.32 bits per heavy atom. The zero-order valence-electron chi connectivity index (χ0n) is 22.6. The quantitative estimate of drug-likeness (QED) is 0.351. The maximum atomic E-state index is 14.0. The molecule has 3 aliphatic rings. The van der Waals surface area contributed by atoms with E-state index in [2.05, 4.69) is 5.32 Å². The van der Waals surface area contributed by atoms with Crippen molar-refractivity contribution >= 4 is 34.7 Å². The molecular weight excluding hydrogens is 492 g/mol. The number of hydrogen-bond donors (Lipinski definition) is 4. The van der Waals surface area contributed by atoms with Gasteiger partial charge in [-0.3, -0.25) is 28.9 Å². The number of nitrogens with zero attached hydrogens (tertiary/aromatic N) is 2. The number of phenolic OH excluding ortho intramolecular Hbond substituents is 1. The molecule has 11 nitrogen and oxygen atoms in total. The van der Waals surface area contributed by atoms with Crippen molar-refractivity contribution in [3.63, 3.8) is 0 Å². The predicted molar refractivity (Wildman–Crippen MR) is 138 cm³/mol. The van der Waals surface area contributed by atoms with Crippen LogP contribution >= 0.6 is 0 Å². The monoisotopic (exact) mass is 528 g/mol. The Morgan fingerprint density at radius 1 is 1.16 bits per heavy atom. The maximum Gasteiger partial charge on any atom is 0.235 e. The second-order valence-corrected chi connectivity index (χ2v) is 11.5. The van der Waals surface area contributed by atoms with Crippen molar-refractivity contribution in [1.82, 2.24) is 10.2 Å². The largest absolute Gasteiger partial charge is 0.507 e. The minimum Gasteiger partial charge on any atom is -0.507 e. The molecule has 0 aromatic heterocycles. The molecule has 1 amide bonds. The first-order valence-corrected chi connectivity index (χ1v) is 12.8. The van der Waals surface area contributed by atoms with Gasteiger partial charge in [0.2, 0.25) is 5.91 Å². The summed E-state index contributed by atoms with van der Waals surface area (Å²) in [6.07, 6.45) is 0.249. The van der Waals surface area contributed by atoms with Gasteiger partial charge in [0.05, 0.1) is 17.5 Å². The summed E-state index contributed by atoms with van der Waals surface area (Å²) in [5, 5.41) is 26.1. The van der Waals surface area contributed by atoms with Crippen LogP contribution in [0.25, 0.3) is 0 Å². The summed E-state index contributed by atoms with van der Waals surface area (Å²) in [4.78, 5) is 69.8. The topological polar surface area (TPSA) is 170 Å². The molecule has 1 aromatic rings. The van der Waals surface area contributed by atoms with Crippen molar-refractivity contribution in [3.05, 3.63) is 22.8 Å². The van der Waals surface area contributed by atoms with Crippen LogP contribution in [0, 0.1) is 23.7 Å². The van der Waals surface area contributed by atoms with E-state index in [9.17, 15) is 34.2 Å². The summed E-state index contributed by atoms with van der Waals surface area (Å²) in [5.41, 5.74) is 4.41. The highest BCUT2D eigenvalue weighted by molar-refractivity contribution is 6.32. The fourth-order valence-electron chi connectivity index (χ4n) is 6.55. The van der Waals surface area contributed by atoms with Gasteiger partial charge in [-0.15, -0.1) is 0 Å². The van der Waals surface area contributed by atoms with Crippen molar-refractivity contribution in [2.24, 2.45) is 29.4 Å². The van der Waals surface area contributed by atoms with Gasteiger partial charge in [0.25, 0.3) is 0 Å². The third-order valence-corrected chi connectivity index (χ3v) is 8.30. The second-order valence-electron chi connectivity index (χ2n) is 11.5. The lowest BCUT2D eigenvalue weighted by Crippen LogP contribution is -2.74. The highest BCUT2D eigenvalue weighted by atomic mass is 16.3. The third-order valence-electron chi connectivity index (χ3n) is 8.30. The first-order chi connectivity index (χ1) is 17.6. The minimum absolute atomic E-state index is 0.00310. The maximum absolute atomic E-state index is 14.0. The van der Waals surface area contributed by atoms with E-state index < -0.39 is 64.4 Å². The van der Waals surface area contributed by atoms with E-state index in [4.69, 9.17) is 5.73 Å². The number of ketones is 4. The lowest BCUT2D eigenvalue weighted by atomic mass is 9.52. The van der Waals surface area contributed by atoms with Gasteiger partial charge in [-0.25, -0.2) is 0 Å². The van der Waals surface area contributed by atoms with E-state index >= 15 is 0 Å². The highest BCUT2D eigenvalue weighted by Gasteiger charge is 2.69. The van der Waals surface area contributed by atoms with Crippen molar-refractivity contribution in [2.75, 3.05) is 33.1 Å². The zero-order valence-corrected chi connectivity index (χ0v) is 22.6. The standard InChI is InChI=1S/C27H36N4O7/c1-11(2)29-10-13-9-16(30(3)4)14-7-12-8-15-20(31(5)6)23(34)19(26(28)37)25(36)27(15,38)24(35)17(12)22(33)18(14)21(13)32/h9,11-12,15,17,19-20,29,32,38H,7-8,10H2,1-6H3,(H2,28,37)/t12-,15-,17?,19?,20-,27-/m0/s1. The van der Waals surface area contributed by atoms with E-state index in [0.29, 0.717) is 16.8 Å². The number of nitrogens with two attached hydrogens (primary N) is 1. The van der Waals surface area contributed by atoms with E-state index in [1.807, 2.05) is 38.9 Å². The van der Waals surface area contributed by atoms with Crippen LogP contribution in [0.4, 0.5) is 5.69 Å². The van der Waals surface area contributed by atoms with Gasteiger partial charge in [0.15, 0.2) is 34.7 Å². The number of Topliss-reactive ketones (excluding diaryl/α,β-unsaturated/α-hetero) is 4. The first kappa shape index (κ1) is 27.9. The average molecular weight is 529 g/mol. The molecule has 6 atom stereocenters. The molecular formula is C27H36N4O7. The number of hydrogen-bond acceptors (Lipinski definition) is 10. The Hall–Kier alpha value is -3.15. The Balaban J connectivity index is 1.87. The van der Waals surface area contributed by atoms with Gasteiger partial charge < -0.3 is 26.2 Å². The number of aromatic hydroxyl groups is 1. The molecule has 1 aromatic carbocycles. The molecule has 0 heterocycles. The molecule has 0 radical (unpaired) electrons. The van der Waals surface area contributed by atoms with Crippen LogP contribution in [-0.4, -0.2) is 90.0 Å². The summed E-state index contributed by atoms with van der Waals surface area (Å²) in [7, 11) is 6.75. The average Bonchev–Trinajstić information content (AvgIpc) is 2.80. The van der Waals surface area contributed by atoms with E-state index in [1.165, 1.54) is 4.90 Å². The number of carbonyl (C=O) groups excluding carboxylic acids is 5. The van der Waals surface area contributed by atoms with Crippen LogP contribution in [0.3, 0.4) is 0 Å². The molecule has 206 valence electrons. The number of carbonyl (C=O) groups is 5. The summed E-state index contributed by atoms with van der Waals surface area (Å²) in [5.74, 6) is -10.4. The Labute approximate surface area is 221 Å². The predicted octanol–water partition coefficient (Wildman–Crippen LogP) is -0.569. The summed E-state index contributed by atoms with van der Waals surface area (Å²) in [6.45, 7) is 4.18. The number of fused-ring (bicyclic) bond motifs is 3. The Bertz CT molecular complexity index is 1240. The summed E-state index contributed by atoms with van der Waals surface area (Å²) >= 11 is 0. The number of anilines is 1. The smallest absolute Gasteiger partial charge is 0.235 e. The van der Waals surface area contributed by atoms with Crippen LogP contribution in [0.15, 0.2) is 6.07 Å². The van der Waals surface area contributed by atoms with E-state index in [-0.39, 0.29) is 36.7 Å². The van der Waals surface area contributed by atoms with Crippen LogP contribution in [0.2, 0.25) is 0 Å². The number of primary amides is 1. The number of rotatable bonds is 6. The number of phenols is 1. The lowest BCUT2D eigenvalue weighted by Gasteiger charge is -2.52. The van der Waals surface area contributed by atoms with Crippen molar-refractivity contribution in [1.29, 1.82) is 0 Å². The van der Waals surface area contributed by atoms with Gasteiger partial charge in [0.1, 0.15) is 5.75 Å². The third kappa shape index (κ3) is 3.95. The molecule has 4 rings (SSSR count). The molecule has 0 bridgehead atoms. The van der Waals surface area contributed by atoms with Crippen LogP contribution in [0.1, 0.15) is 41.8 Å². The molecule has 11 heteroatoms. The van der Waals surface area contributed by atoms with Gasteiger partial charge in [0, 0.05) is 43.9 Å². The van der Waals surface area contributed by atoms with Gasteiger partial charge in [-0.1, -0.05) is 13.8 Å². The van der Waals surface area contributed by atoms with Crippen molar-refractivity contribution < 1.29 is 34.2 Å². The molecule has 0 aliphatic heterocycles. The van der Waals surface area contributed by atoms with Gasteiger partial charge >= 0.3 is 0 Å². The Kier molecular flexibility index (Phi) is 7.00. The van der Waals surface area contributed by atoms with Crippen molar-refractivity contribution in [3.8, 4) is 5.75 Å². The first-order valence-electron chi connectivity index (χ1n) is 12.8. The summed E-state index contributed by atoms with van der Waals surface area (Å²) in [6, 6.07) is 0.802. The van der Waals surface area contributed by atoms with E-state index in [1.54, 1.807) is 14.1 Å². The highest BCUT2D eigenvalue weighted by Crippen LogP contribution is 2.52. The van der Waals surface area contributed by atoms with E-state index in [0.717, 1.165) is 0 Å². The summed E-state index contributed by atoms with van der Waals surface area (Å²) < 4.78 is 0. The van der Waals surface area contributed by atoms with Crippen molar-refractivity contribution in [2.45, 2.75) is 50.9 Å². The van der Waals surface area contributed by atoms with Crippen LogP contribution in [-0.2, 0) is 32.1 Å². The van der Waals surface area contributed by atoms with Crippen LogP contribution in [0.5, 0.6) is 5.75 Å². The number of amides is 1. The molecule has 2 fully saturated rings. The number of likely N-dealkylation sites (N-methyl/N-ethyl adjacent to an activating group) is 1. The van der Waals surface area contributed by atoms with Gasteiger partial charge in [-0.05, 0) is 44.5 Å². The molecule has 3 aliphatic carbocycles. The zero-order chi connectivity index (χ0) is 28.4. The molecule has 2 saturated carbocycles. The number of benzene rings is 1.